The number of nitrogen functional groups attached to an aromatic ring is 1. The minimum absolute atomic E-state index is 0.165. The minimum Gasteiger partial charge on any atom is -0.398 e. The number of hydrogen-bond acceptors (Lipinski definition) is 4. The van der Waals surface area contributed by atoms with Crippen LogP contribution < -0.4 is 11.1 Å². The quantitative estimate of drug-likeness (QED) is 0.550. The van der Waals surface area contributed by atoms with Crippen molar-refractivity contribution in [2.75, 3.05) is 5.73 Å². The van der Waals surface area contributed by atoms with Crippen molar-refractivity contribution in [2.24, 2.45) is 0 Å². The van der Waals surface area contributed by atoms with Crippen LogP contribution in [0.1, 0.15) is 30.1 Å². The summed E-state index contributed by atoms with van der Waals surface area (Å²) < 4.78 is 8.18. The Morgan fingerprint density at radius 1 is 1.37 bits per heavy atom. The van der Waals surface area contributed by atoms with E-state index in [1.54, 1.807) is 18.2 Å². The molecule has 2 aliphatic heterocycles. The minimum atomic E-state index is -1.01. The Labute approximate surface area is 111 Å². The van der Waals surface area contributed by atoms with Crippen molar-refractivity contribution in [2.45, 2.75) is 25.4 Å². The molecular weight excluding hydrogens is 246 g/mol. The molecule has 1 aromatic carbocycles. The van der Waals surface area contributed by atoms with Crippen molar-refractivity contribution in [1.29, 1.82) is 0 Å². The third kappa shape index (κ3) is 1.76. The molecule has 1 saturated heterocycles. The molecule has 3 rings (SSSR count). The van der Waals surface area contributed by atoms with Gasteiger partial charge in [0.1, 0.15) is 6.04 Å². The Morgan fingerprint density at radius 3 is 2.84 bits per heavy atom. The summed E-state index contributed by atoms with van der Waals surface area (Å²) in [6, 6.07) is 4.07. The molecule has 0 bridgehead atoms. The van der Waals surface area contributed by atoms with E-state index < -0.39 is 18.5 Å². The first-order chi connectivity index (χ1) is 9.50. The maximum Gasteiger partial charge on any atom is 0.255 e. The third-order valence-electron chi connectivity index (χ3n) is 3.42. The summed E-state index contributed by atoms with van der Waals surface area (Å²) in [6.07, 6.45) is 0.401. The maximum absolute atomic E-state index is 12.4. The number of nitrogens with two attached hydrogens (primary N) is 1. The average Bonchev–Trinajstić information content (AvgIpc) is 2.64. The molecule has 2 heterocycles. The Kier molecular flexibility index (Phi) is 2.26. The van der Waals surface area contributed by atoms with Gasteiger partial charge in [-0.25, -0.2) is 0 Å². The van der Waals surface area contributed by atoms with Gasteiger partial charge < -0.3 is 10.6 Å². The number of anilines is 1. The molecule has 0 aromatic heterocycles. The van der Waals surface area contributed by atoms with Crippen LogP contribution in [0.2, 0.25) is 0 Å². The lowest BCUT2D eigenvalue weighted by molar-refractivity contribution is -0.136. The van der Waals surface area contributed by atoms with Crippen molar-refractivity contribution in [3.8, 4) is 0 Å². The van der Waals surface area contributed by atoms with Crippen molar-refractivity contribution in [1.82, 2.24) is 10.2 Å². The van der Waals surface area contributed by atoms with E-state index in [2.05, 4.69) is 5.32 Å². The van der Waals surface area contributed by atoms with Crippen LogP contribution in [0.15, 0.2) is 18.2 Å². The molecule has 2 aliphatic rings. The molecule has 19 heavy (non-hydrogen) atoms. The summed E-state index contributed by atoms with van der Waals surface area (Å²) in [6.45, 7) is -1.01. The molecular formula is C13H13N3O3. The van der Waals surface area contributed by atoms with Crippen molar-refractivity contribution in [3.63, 3.8) is 0 Å². The van der Waals surface area contributed by atoms with Gasteiger partial charge in [0.05, 0.1) is 1.37 Å². The first-order valence-corrected chi connectivity index (χ1v) is 5.97. The summed E-state index contributed by atoms with van der Waals surface area (Å²) in [4.78, 5) is 36.6. The van der Waals surface area contributed by atoms with Gasteiger partial charge in [0.25, 0.3) is 5.91 Å². The van der Waals surface area contributed by atoms with Crippen LogP contribution in [0.4, 0.5) is 5.69 Å². The zero-order chi connectivity index (χ0) is 14.4. The first-order valence-electron chi connectivity index (χ1n) is 6.55. The van der Waals surface area contributed by atoms with Gasteiger partial charge in [0.15, 0.2) is 0 Å². The van der Waals surface area contributed by atoms with Gasteiger partial charge >= 0.3 is 0 Å². The molecule has 0 saturated carbocycles. The van der Waals surface area contributed by atoms with Crippen LogP contribution >= 0.6 is 0 Å². The second kappa shape index (κ2) is 4.08. The van der Waals surface area contributed by atoms with E-state index in [9.17, 15) is 14.4 Å². The molecule has 1 aromatic rings. The molecule has 98 valence electrons. The first kappa shape index (κ1) is 10.5. The third-order valence-corrected chi connectivity index (χ3v) is 3.42. The van der Waals surface area contributed by atoms with Gasteiger partial charge in [-0.05, 0) is 18.6 Å². The summed E-state index contributed by atoms with van der Waals surface area (Å²) in [5, 5.41) is 2.20. The second-order valence-electron chi connectivity index (χ2n) is 4.62. The largest absolute Gasteiger partial charge is 0.398 e. The summed E-state index contributed by atoms with van der Waals surface area (Å²) >= 11 is 0. The predicted octanol–water partition coefficient (Wildman–Crippen LogP) is 0.0298. The van der Waals surface area contributed by atoms with Gasteiger partial charge in [-0.1, -0.05) is 6.07 Å². The summed E-state index contributed by atoms with van der Waals surface area (Å²) in [7, 11) is 0. The van der Waals surface area contributed by atoms with Crippen LogP contribution in [0.25, 0.3) is 0 Å². The zero-order valence-electron chi connectivity index (χ0n) is 11.1. The Hall–Kier alpha value is -2.37. The van der Waals surface area contributed by atoms with Crippen molar-refractivity contribution >= 4 is 23.4 Å². The van der Waals surface area contributed by atoms with Gasteiger partial charge in [0, 0.05) is 29.8 Å². The second-order valence-corrected chi connectivity index (χ2v) is 4.62. The fraction of sp³-hybridized carbons (Fsp3) is 0.308. The number of piperidine rings is 1. The number of amides is 3. The average molecular weight is 260 g/mol. The highest BCUT2D eigenvalue weighted by Crippen LogP contribution is 2.30. The van der Waals surface area contributed by atoms with Gasteiger partial charge in [-0.15, -0.1) is 0 Å². The van der Waals surface area contributed by atoms with Crippen molar-refractivity contribution in [3.05, 3.63) is 29.3 Å². The number of carbonyl (C=O) groups is 3. The molecule has 2 unspecified atom stereocenters. The lowest BCUT2D eigenvalue weighted by Crippen LogP contribution is -2.52. The molecule has 0 spiro atoms. The van der Waals surface area contributed by atoms with Crippen LogP contribution in [0, 0.1) is 0 Å². The number of hydrogen-bond donors (Lipinski definition) is 2. The van der Waals surface area contributed by atoms with E-state index in [-0.39, 0.29) is 24.7 Å². The van der Waals surface area contributed by atoms with E-state index >= 15 is 0 Å². The number of nitrogens with one attached hydrogen (secondary N) is 1. The molecule has 0 radical (unpaired) electrons. The van der Waals surface area contributed by atoms with Gasteiger partial charge in [0.2, 0.25) is 11.8 Å². The van der Waals surface area contributed by atoms with Gasteiger partial charge in [-0.3, -0.25) is 19.7 Å². The normalized spacial score (nSPS) is 27.1. The number of imide groups is 1. The van der Waals surface area contributed by atoms with E-state index in [1.807, 2.05) is 0 Å². The van der Waals surface area contributed by atoms with Crippen LogP contribution in [-0.2, 0) is 16.1 Å². The molecule has 0 aliphatic carbocycles. The maximum atomic E-state index is 12.4. The topological polar surface area (TPSA) is 92.5 Å². The molecule has 6 heteroatoms. The predicted molar refractivity (Wildman–Crippen MR) is 66.9 cm³/mol. The lowest BCUT2D eigenvalue weighted by atomic mass is 10.0. The number of benzene rings is 1. The number of carbonyl (C=O) groups excluding carboxylic acids is 3. The van der Waals surface area contributed by atoms with E-state index in [0.29, 0.717) is 16.8 Å². The Bertz CT molecular complexity index is 631. The Morgan fingerprint density at radius 2 is 2.16 bits per heavy atom. The number of nitrogens with zero attached hydrogens (tertiary/aromatic N) is 1. The zero-order valence-corrected chi connectivity index (χ0v) is 10.1. The highest BCUT2D eigenvalue weighted by Gasteiger charge is 2.39. The van der Waals surface area contributed by atoms with Crippen LogP contribution in [0.5, 0.6) is 0 Å². The molecule has 3 N–H and O–H groups in total. The summed E-state index contributed by atoms with van der Waals surface area (Å²) in [5.74, 6) is -1.27. The van der Waals surface area contributed by atoms with Crippen LogP contribution in [0.3, 0.4) is 0 Å². The molecule has 3 amide bonds. The van der Waals surface area contributed by atoms with E-state index in [4.69, 9.17) is 7.10 Å². The monoisotopic (exact) mass is 260 g/mol. The SMILES string of the molecule is [2H]C1c2c(N)cccc2C(=O)N1C1CCC(=O)NC1=O. The fourth-order valence-electron chi connectivity index (χ4n) is 2.43. The standard InChI is InChI=1S/C13H13N3O3/c14-9-3-1-2-7-8(9)6-16(13(7)19)10-4-5-11(17)15-12(10)18/h1-3,10H,4-6,14H2,(H,15,17,18)/i6D. The summed E-state index contributed by atoms with van der Waals surface area (Å²) in [5.41, 5.74) is 6.97. The molecule has 1 fully saturated rings. The van der Waals surface area contributed by atoms with Crippen LogP contribution in [-0.4, -0.2) is 28.7 Å². The number of rotatable bonds is 1. The van der Waals surface area contributed by atoms with Crippen molar-refractivity contribution < 1.29 is 15.8 Å². The molecule has 6 nitrogen and oxygen atoms in total. The molecule has 2 atom stereocenters. The lowest BCUT2D eigenvalue weighted by Gasteiger charge is -2.29. The van der Waals surface area contributed by atoms with E-state index in [1.165, 1.54) is 4.90 Å². The smallest absolute Gasteiger partial charge is 0.255 e. The highest BCUT2D eigenvalue weighted by molar-refractivity contribution is 6.06. The Balaban J connectivity index is 1.98. The fourth-order valence-corrected chi connectivity index (χ4v) is 2.43. The number of fused-ring (bicyclic) bond motifs is 1. The van der Waals surface area contributed by atoms with Gasteiger partial charge in [-0.2, -0.15) is 0 Å². The van der Waals surface area contributed by atoms with E-state index in [0.717, 1.165) is 0 Å². The highest BCUT2D eigenvalue weighted by atomic mass is 16.2.